The summed E-state index contributed by atoms with van der Waals surface area (Å²) in [5.41, 5.74) is 5.47. The fraction of sp³-hybridized carbons (Fsp3) is 0.440. The topological polar surface area (TPSA) is 45.9 Å². The highest BCUT2D eigenvalue weighted by molar-refractivity contribution is 5.94. The second kappa shape index (κ2) is 7.38. The minimum atomic E-state index is 0.780. The first-order chi connectivity index (χ1) is 15.2. The van der Waals surface area contributed by atoms with Gasteiger partial charge in [0.2, 0.25) is 0 Å². The van der Waals surface area contributed by atoms with Crippen molar-refractivity contribution in [3.05, 3.63) is 42.1 Å². The van der Waals surface area contributed by atoms with E-state index in [-0.39, 0.29) is 0 Å². The summed E-state index contributed by atoms with van der Waals surface area (Å²) in [5.74, 6) is 2.71. The lowest BCUT2D eigenvalue weighted by Crippen LogP contribution is -2.29. The second-order valence-electron chi connectivity index (χ2n) is 9.15. The predicted octanol–water partition coefficient (Wildman–Crippen LogP) is 4.14. The van der Waals surface area contributed by atoms with Crippen LogP contribution < -0.4 is 9.64 Å². The third kappa shape index (κ3) is 3.39. The van der Waals surface area contributed by atoms with Crippen LogP contribution in [-0.4, -0.2) is 59.6 Å². The summed E-state index contributed by atoms with van der Waals surface area (Å²) in [6.07, 6.45) is 4.85. The van der Waals surface area contributed by atoms with Crippen LogP contribution >= 0.6 is 0 Å². The minimum Gasteiger partial charge on any atom is -0.497 e. The Morgan fingerprint density at radius 2 is 1.87 bits per heavy atom. The highest BCUT2D eigenvalue weighted by Crippen LogP contribution is 2.36. The zero-order valence-corrected chi connectivity index (χ0v) is 18.3. The highest BCUT2D eigenvalue weighted by Gasteiger charge is 2.25. The van der Waals surface area contributed by atoms with Gasteiger partial charge in [-0.25, -0.2) is 9.97 Å². The predicted molar refractivity (Wildman–Crippen MR) is 125 cm³/mol. The summed E-state index contributed by atoms with van der Waals surface area (Å²) in [5, 5.41) is 1.18. The third-order valence-corrected chi connectivity index (χ3v) is 6.83. The molecule has 0 bridgehead atoms. The first kappa shape index (κ1) is 18.9. The molecule has 6 nitrogen and oxygen atoms in total. The molecule has 4 heterocycles. The Balaban J connectivity index is 1.56. The molecule has 1 saturated carbocycles. The van der Waals surface area contributed by atoms with Gasteiger partial charge in [-0.3, -0.25) is 4.40 Å². The van der Waals surface area contributed by atoms with E-state index in [0.29, 0.717) is 0 Å². The summed E-state index contributed by atoms with van der Waals surface area (Å²) < 4.78 is 7.80. The van der Waals surface area contributed by atoms with E-state index in [9.17, 15) is 0 Å². The number of hydrogen-bond donors (Lipinski definition) is 0. The van der Waals surface area contributed by atoms with Crippen molar-refractivity contribution in [3.8, 4) is 5.75 Å². The average molecular weight is 416 g/mol. The standard InChI is InChI=1S/C25H29N5O/c1-28-10-3-11-29(13-12-28)24-9-7-20-25(27-24)30-22-8-6-19(31-2)15-18(22)16-23(30)21(26-20)14-17-4-5-17/h6-9,15-17H,3-5,10-14H2,1-2H3. The first-order valence-corrected chi connectivity index (χ1v) is 11.4. The number of ether oxygens (including phenoxy) is 1. The molecule has 1 saturated heterocycles. The normalized spacial score (nSPS) is 18.2. The van der Waals surface area contributed by atoms with Crippen LogP contribution in [0, 0.1) is 5.92 Å². The SMILES string of the molecule is COc1ccc2c(c1)cc1c(CC3CC3)nc3ccc(N4CCCN(C)CC4)nc3n12. The maximum Gasteiger partial charge on any atom is 0.166 e. The van der Waals surface area contributed by atoms with Gasteiger partial charge in [-0.1, -0.05) is 0 Å². The van der Waals surface area contributed by atoms with Crippen molar-refractivity contribution in [2.24, 2.45) is 5.92 Å². The Labute approximate surface area is 182 Å². The number of methoxy groups -OCH3 is 1. The molecular formula is C25H29N5O. The zero-order valence-electron chi connectivity index (χ0n) is 18.3. The van der Waals surface area contributed by atoms with E-state index in [1.54, 1.807) is 7.11 Å². The zero-order chi connectivity index (χ0) is 20.9. The Kier molecular flexibility index (Phi) is 4.49. The van der Waals surface area contributed by atoms with E-state index in [4.69, 9.17) is 14.7 Å². The molecule has 0 radical (unpaired) electrons. The molecule has 160 valence electrons. The number of hydrogen-bond acceptors (Lipinski definition) is 5. The van der Waals surface area contributed by atoms with Gasteiger partial charge in [-0.15, -0.1) is 0 Å². The van der Waals surface area contributed by atoms with Crippen molar-refractivity contribution in [2.45, 2.75) is 25.7 Å². The van der Waals surface area contributed by atoms with Gasteiger partial charge in [-0.05, 0) is 81.6 Å². The molecule has 0 unspecified atom stereocenters. The van der Waals surface area contributed by atoms with E-state index in [1.807, 2.05) is 6.07 Å². The van der Waals surface area contributed by atoms with Crippen LogP contribution in [0.1, 0.15) is 25.0 Å². The van der Waals surface area contributed by atoms with Gasteiger partial charge in [0, 0.05) is 25.0 Å². The van der Waals surface area contributed by atoms with Crippen LogP contribution in [0.5, 0.6) is 5.75 Å². The summed E-state index contributed by atoms with van der Waals surface area (Å²) in [6.45, 7) is 4.27. The van der Waals surface area contributed by atoms with Crippen molar-refractivity contribution < 1.29 is 4.74 Å². The molecule has 2 fully saturated rings. The summed E-state index contributed by atoms with van der Waals surface area (Å²) in [7, 11) is 3.92. The molecule has 0 atom stereocenters. The number of likely N-dealkylation sites (N-methyl/N-ethyl adjacent to an activating group) is 1. The van der Waals surface area contributed by atoms with E-state index < -0.39 is 0 Å². The summed E-state index contributed by atoms with van der Waals surface area (Å²) >= 11 is 0. The largest absolute Gasteiger partial charge is 0.497 e. The number of fused-ring (bicyclic) bond motifs is 5. The Morgan fingerprint density at radius 3 is 2.71 bits per heavy atom. The van der Waals surface area contributed by atoms with E-state index >= 15 is 0 Å². The van der Waals surface area contributed by atoms with Crippen LogP contribution in [-0.2, 0) is 6.42 Å². The number of pyridine rings is 1. The molecule has 6 rings (SSSR count). The Bertz CT molecular complexity index is 1280. The van der Waals surface area contributed by atoms with Gasteiger partial charge in [0.1, 0.15) is 17.1 Å². The Hall–Kier alpha value is -2.86. The van der Waals surface area contributed by atoms with Gasteiger partial charge >= 0.3 is 0 Å². The molecular weight excluding hydrogens is 386 g/mol. The van der Waals surface area contributed by atoms with Crippen molar-refractivity contribution in [2.75, 3.05) is 45.2 Å². The first-order valence-electron chi connectivity index (χ1n) is 11.4. The maximum atomic E-state index is 5.48. The fourth-order valence-corrected chi connectivity index (χ4v) is 4.84. The van der Waals surface area contributed by atoms with Gasteiger partial charge in [0.15, 0.2) is 5.65 Å². The molecule has 0 N–H and O–H groups in total. The summed E-state index contributed by atoms with van der Waals surface area (Å²) in [6, 6.07) is 12.9. The van der Waals surface area contributed by atoms with Crippen LogP contribution in [0.4, 0.5) is 5.82 Å². The summed E-state index contributed by atoms with van der Waals surface area (Å²) in [4.78, 5) is 15.1. The van der Waals surface area contributed by atoms with Gasteiger partial charge in [0.25, 0.3) is 0 Å². The van der Waals surface area contributed by atoms with E-state index in [0.717, 1.165) is 67.7 Å². The molecule has 0 amide bonds. The van der Waals surface area contributed by atoms with Crippen LogP contribution in [0.3, 0.4) is 0 Å². The van der Waals surface area contributed by atoms with Gasteiger partial charge in [-0.2, -0.15) is 0 Å². The van der Waals surface area contributed by atoms with Crippen molar-refractivity contribution in [3.63, 3.8) is 0 Å². The maximum absolute atomic E-state index is 5.48. The lowest BCUT2D eigenvalue weighted by molar-refractivity contribution is 0.360. The van der Waals surface area contributed by atoms with Gasteiger partial charge < -0.3 is 14.5 Å². The van der Waals surface area contributed by atoms with E-state index in [1.165, 1.54) is 35.0 Å². The number of rotatable bonds is 4. The molecule has 31 heavy (non-hydrogen) atoms. The molecule has 1 aliphatic carbocycles. The van der Waals surface area contributed by atoms with Crippen LogP contribution in [0.25, 0.3) is 27.6 Å². The molecule has 1 aromatic carbocycles. The second-order valence-corrected chi connectivity index (χ2v) is 9.15. The number of nitrogens with zero attached hydrogens (tertiary/aromatic N) is 5. The van der Waals surface area contributed by atoms with E-state index in [2.05, 4.69) is 51.6 Å². The monoisotopic (exact) mass is 415 g/mol. The molecule has 0 spiro atoms. The minimum absolute atomic E-state index is 0.780. The molecule has 6 heteroatoms. The van der Waals surface area contributed by atoms with Crippen molar-refractivity contribution in [1.82, 2.24) is 19.3 Å². The molecule has 4 aromatic rings. The van der Waals surface area contributed by atoms with Gasteiger partial charge in [0.05, 0.1) is 23.8 Å². The number of anilines is 1. The highest BCUT2D eigenvalue weighted by atomic mass is 16.5. The molecule has 1 aliphatic heterocycles. The van der Waals surface area contributed by atoms with Crippen molar-refractivity contribution >= 4 is 33.4 Å². The number of benzene rings is 1. The third-order valence-electron chi connectivity index (χ3n) is 6.83. The molecule has 3 aromatic heterocycles. The smallest absolute Gasteiger partial charge is 0.166 e. The Morgan fingerprint density at radius 1 is 0.968 bits per heavy atom. The molecule has 2 aliphatic rings. The number of aromatic nitrogens is 3. The quantitative estimate of drug-likeness (QED) is 0.501. The van der Waals surface area contributed by atoms with Crippen LogP contribution in [0.15, 0.2) is 36.4 Å². The lowest BCUT2D eigenvalue weighted by Gasteiger charge is -2.22. The fourth-order valence-electron chi connectivity index (χ4n) is 4.84. The van der Waals surface area contributed by atoms with Crippen LogP contribution in [0.2, 0.25) is 0 Å². The van der Waals surface area contributed by atoms with Crippen molar-refractivity contribution in [1.29, 1.82) is 0 Å². The lowest BCUT2D eigenvalue weighted by atomic mass is 10.2. The average Bonchev–Trinajstić information content (AvgIpc) is 3.56.